The van der Waals surface area contributed by atoms with Crippen molar-refractivity contribution in [3.05, 3.63) is 0 Å². The Morgan fingerprint density at radius 1 is 1.38 bits per heavy atom. The standard InChI is InChI=1S/C14H27N3O4/c1-4-17-5-6-21-11(9-17)7-15-14(20)16-8-12(10(2)3)13(18)19/h10-12H,4-9H2,1-3H3,(H,18,19)(H2,15,16,20). The van der Waals surface area contributed by atoms with Gasteiger partial charge in [-0.2, -0.15) is 0 Å². The zero-order valence-electron chi connectivity index (χ0n) is 13.1. The monoisotopic (exact) mass is 301 g/mol. The van der Waals surface area contributed by atoms with Crippen LogP contribution < -0.4 is 10.6 Å². The predicted molar refractivity (Wildman–Crippen MR) is 79.2 cm³/mol. The Balaban J connectivity index is 2.26. The Kier molecular flexibility index (Phi) is 7.45. The first-order chi connectivity index (χ1) is 9.93. The van der Waals surface area contributed by atoms with Gasteiger partial charge in [-0.1, -0.05) is 20.8 Å². The van der Waals surface area contributed by atoms with Crippen LogP contribution in [0.1, 0.15) is 20.8 Å². The van der Waals surface area contributed by atoms with Gasteiger partial charge < -0.3 is 20.5 Å². The molecular formula is C14H27N3O4. The molecule has 0 aromatic rings. The van der Waals surface area contributed by atoms with Gasteiger partial charge in [0, 0.05) is 26.2 Å². The number of hydrogen-bond acceptors (Lipinski definition) is 4. The lowest BCUT2D eigenvalue weighted by Crippen LogP contribution is -2.49. The number of carbonyl (C=O) groups is 2. The minimum absolute atomic E-state index is 0.00943. The highest BCUT2D eigenvalue weighted by molar-refractivity contribution is 5.75. The molecule has 7 heteroatoms. The molecule has 3 N–H and O–H groups in total. The molecule has 0 aromatic carbocycles. The molecule has 1 aliphatic heterocycles. The van der Waals surface area contributed by atoms with Crippen molar-refractivity contribution in [3.8, 4) is 0 Å². The summed E-state index contributed by atoms with van der Waals surface area (Å²) in [5.41, 5.74) is 0. The van der Waals surface area contributed by atoms with Crippen molar-refractivity contribution in [1.29, 1.82) is 0 Å². The van der Waals surface area contributed by atoms with Gasteiger partial charge in [0.25, 0.3) is 0 Å². The molecule has 1 aliphatic rings. The summed E-state index contributed by atoms with van der Waals surface area (Å²) in [5, 5.41) is 14.4. The summed E-state index contributed by atoms with van der Waals surface area (Å²) in [4.78, 5) is 25.0. The van der Waals surface area contributed by atoms with E-state index in [-0.39, 0.29) is 24.6 Å². The number of carboxylic acids is 1. The number of nitrogens with one attached hydrogen (secondary N) is 2. The van der Waals surface area contributed by atoms with Crippen LogP contribution >= 0.6 is 0 Å². The van der Waals surface area contributed by atoms with Crippen molar-refractivity contribution in [2.24, 2.45) is 11.8 Å². The summed E-state index contributed by atoms with van der Waals surface area (Å²) in [6, 6.07) is -0.348. The van der Waals surface area contributed by atoms with E-state index in [1.165, 1.54) is 0 Å². The van der Waals surface area contributed by atoms with Crippen LogP contribution in [0.2, 0.25) is 0 Å². The molecule has 0 saturated carbocycles. The highest BCUT2D eigenvalue weighted by atomic mass is 16.5. The first kappa shape index (κ1) is 17.7. The van der Waals surface area contributed by atoms with E-state index in [0.717, 1.165) is 19.6 Å². The number of hydrogen-bond donors (Lipinski definition) is 3. The van der Waals surface area contributed by atoms with E-state index >= 15 is 0 Å². The molecule has 0 radical (unpaired) electrons. The van der Waals surface area contributed by atoms with E-state index in [1.54, 1.807) is 0 Å². The number of carbonyl (C=O) groups excluding carboxylic acids is 1. The largest absolute Gasteiger partial charge is 0.481 e. The van der Waals surface area contributed by atoms with E-state index in [0.29, 0.717) is 13.2 Å². The van der Waals surface area contributed by atoms with Crippen LogP contribution in [0, 0.1) is 11.8 Å². The lowest BCUT2D eigenvalue weighted by molar-refractivity contribution is -0.142. The van der Waals surface area contributed by atoms with E-state index in [9.17, 15) is 9.59 Å². The molecule has 2 amide bonds. The highest BCUT2D eigenvalue weighted by Gasteiger charge is 2.23. The predicted octanol–water partition coefficient (Wildman–Crippen LogP) is 0.363. The fraction of sp³-hybridized carbons (Fsp3) is 0.857. The Hall–Kier alpha value is -1.34. The minimum atomic E-state index is -0.889. The Labute approximate surface area is 126 Å². The number of ether oxygens (including phenoxy) is 1. The van der Waals surface area contributed by atoms with Crippen molar-refractivity contribution < 1.29 is 19.4 Å². The second kappa shape index (κ2) is 8.84. The van der Waals surface area contributed by atoms with Gasteiger partial charge in [0.1, 0.15) is 0 Å². The van der Waals surface area contributed by atoms with Gasteiger partial charge in [0.2, 0.25) is 0 Å². The molecule has 1 saturated heterocycles. The van der Waals surface area contributed by atoms with Crippen LogP contribution in [0.3, 0.4) is 0 Å². The summed E-state index contributed by atoms with van der Waals surface area (Å²) in [5.74, 6) is -1.49. The topological polar surface area (TPSA) is 90.9 Å². The molecule has 122 valence electrons. The SMILES string of the molecule is CCN1CCOC(CNC(=O)NCC(C(=O)O)C(C)C)C1. The molecule has 7 nitrogen and oxygen atoms in total. The van der Waals surface area contributed by atoms with E-state index < -0.39 is 11.9 Å². The third-order valence-electron chi connectivity index (χ3n) is 3.76. The van der Waals surface area contributed by atoms with E-state index in [4.69, 9.17) is 9.84 Å². The number of urea groups is 1. The maximum absolute atomic E-state index is 11.7. The molecule has 1 heterocycles. The summed E-state index contributed by atoms with van der Waals surface area (Å²) >= 11 is 0. The summed E-state index contributed by atoms with van der Waals surface area (Å²) in [6.07, 6.45) is -0.00943. The number of amides is 2. The van der Waals surface area contributed by atoms with Gasteiger partial charge in [0.15, 0.2) is 0 Å². The molecular weight excluding hydrogens is 274 g/mol. The zero-order chi connectivity index (χ0) is 15.8. The third kappa shape index (κ3) is 6.31. The van der Waals surface area contributed by atoms with Gasteiger partial charge in [-0.15, -0.1) is 0 Å². The van der Waals surface area contributed by atoms with Crippen molar-refractivity contribution >= 4 is 12.0 Å². The van der Waals surface area contributed by atoms with Gasteiger partial charge in [-0.25, -0.2) is 4.79 Å². The maximum Gasteiger partial charge on any atom is 0.314 e. The van der Waals surface area contributed by atoms with Crippen molar-refractivity contribution in [3.63, 3.8) is 0 Å². The lowest BCUT2D eigenvalue weighted by Gasteiger charge is -2.32. The molecule has 1 fully saturated rings. The Bertz CT molecular complexity index is 349. The maximum atomic E-state index is 11.7. The van der Waals surface area contributed by atoms with Crippen LogP contribution in [-0.4, -0.2) is 67.4 Å². The Morgan fingerprint density at radius 3 is 2.67 bits per heavy atom. The highest BCUT2D eigenvalue weighted by Crippen LogP contribution is 2.09. The first-order valence-electron chi connectivity index (χ1n) is 7.52. The number of carboxylic acid groups (broad SMARTS) is 1. The number of nitrogens with zero attached hydrogens (tertiary/aromatic N) is 1. The summed E-state index contributed by atoms with van der Waals surface area (Å²) in [7, 11) is 0. The van der Waals surface area contributed by atoms with Crippen LogP contribution in [0.25, 0.3) is 0 Å². The molecule has 1 rings (SSSR count). The fourth-order valence-electron chi connectivity index (χ4n) is 2.27. The normalized spacial score (nSPS) is 21.0. The van der Waals surface area contributed by atoms with Gasteiger partial charge in [-0.05, 0) is 12.5 Å². The molecule has 2 unspecified atom stereocenters. The van der Waals surface area contributed by atoms with Crippen LogP contribution in [0.15, 0.2) is 0 Å². The van der Waals surface area contributed by atoms with Crippen LogP contribution in [-0.2, 0) is 9.53 Å². The Morgan fingerprint density at radius 2 is 2.10 bits per heavy atom. The van der Waals surface area contributed by atoms with E-state index in [2.05, 4.69) is 22.5 Å². The summed E-state index contributed by atoms with van der Waals surface area (Å²) < 4.78 is 5.58. The fourth-order valence-corrected chi connectivity index (χ4v) is 2.27. The molecule has 21 heavy (non-hydrogen) atoms. The zero-order valence-corrected chi connectivity index (χ0v) is 13.1. The second-order valence-electron chi connectivity index (χ2n) is 5.67. The van der Waals surface area contributed by atoms with Crippen LogP contribution in [0.5, 0.6) is 0 Å². The molecule has 2 atom stereocenters. The summed E-state index contributed by atoms with van der Waals surface area (Å²) in [6.45, 7) is 9.69. The first-order valence-corrected chi connectivity index (χ1v) is 7.52. The minimum Gasteiger partial charge on any atom is -0.481 e. The lowest BCUT2D eigenvalue weighted by atomic mass is 9.96. The van der Waals surface area contributed by atoms with Crippen molar-refractivity contribution in [2.75, 3.05) is 39.3 Å². The number of morpholine rings is 1. The average Bonchev–Trinajstić information content (AvgIpc) is 2.44. The van der Waals surface area contributed by atoms with Crippen molar-refractivity contribution in [2.45, 2.75) is 26.9 Å². The molecule has 0 aromatic heterocycles. The smallest absolute Gasteiger partial charge is 0.314 e. The average molecular weight is 301 g/mol. The molecule has 0 bridgehead atoms. The molecule has 0 aliphatic carbocycles. The molecule has 0 spiro atoms. The number of likely N-dealkylation sites (N-methyl/N-ethyl adjacent to an activating group) is 1. The van der Waals surface area contributed by atoms with Gasteiger partial charge in [-0.3, -0.25) is 9.69 Å². The van der Waals surface area contributed by atoms with Crippen LogP contribution in [0.4, 0.5) is 4.79 Å². The number of aliphatic carboxylic acids is 1. The number of rotatable bonds is 7. The third-order valence-corrected chi connectivity index (χ3v) is 3.76. The van der Waals surface area contributed by atoms with Crippen molar-refractivity contribution in [1.82, 2.24) is 15.5 Å². The quantitative estimate of drug-likeness (QED) is 0.632. The van der Waals surface area contributed by atoms with E-state index in [1.807, 2.05) is 13.8 Å². The second-order valence-corrected chi connectivity index (χ2v) is 5.67. The van der Waals surface area contributed by atoms with Gasteiger partial charge in [0.05, 0.1) is 18.6 Å². The van der Waals surface area contributed by atoms with Gasteiger partial charge >= 0.3 is 12.0 Å².